The summed E-state index contributed by atoms with van der Waals surface area (Å²) in [5.74, 6) is -0.225. The molecule has 7 nitrogen and oxygen atoms in total. The van der Waals surface area contributed by atoms with Crippen molar-refractivity contribution < 1.29 is 14.4 Å². The number of carbonyl (C=O) groups excluding carboxylic acids is 3. The first-order chi connectivity index (χ1) is 12.0. The van der Waals surface area contributed by atoms with Gasteiger partial charge in [-0.2, -0.15) is 0 Å². The van der Waals surface area contributed by atoms with Gasteiger partial charge in [0, 0.05) is 32.2 Å². The van der Waals surface area contributed by atoms with Crippen LogP contribution in [0, 0.1) is 0 Å². The lowest BCUT2D eigenvalue weighted by molar-refractivity contribution is -0.134. The second-order valence-electron chi connectivity index (χ2n) is 6.62. The zero-order chi connectivity index (χ0) is 17.8. The minimum absolute atomic E-state index is 0.0684. The third-order valence-electron chi connectivity index (χ3n) is 4.46. The standard InChI is InChI=1S/C17H24N4O3S/c1-12(18-16(23)14-3-2-10-25-14)17(24)21-8-6-20(7-9-21)11-15(22)19-13-4-5-13/h2-3,10,12-13H,4-9,11H2,1H3,(H,18,23)(H,19,22). The number of rotatable bonds is 6. The average Bonchev–Trinajstić information content (AvgIpc) is 3.23. The fraction of sp³-hybridized carbons (Fsp3) is 0.588. The number of nitrogens with zero attached hydrogens (tertiary/aromatic N) is 2. The molecule has 3 rings (SSSR count). The maximum atomic E-state index is 12.5. The number of amides is 3. The lowest BCUT2D eigenvalue weighted by atomic mass is 10.2. The van der Waals surface area contributed by atoms with Gasteiger partial charge in [0.15, 0.2) is 0 Å². The van der Waals surface area contributed by atoms with Crippen LogP contribution in [0.4, 0.5) is 0 Å². The Bertz CT molecular complexity index is 622. The van der Waals surface area contributed by atoms with Gasteiger partial charge in [0.25, 0.3) is 5.91 Å². The molecular formula is C17H24N4O3S. The molecule has 1 aliphatic heterocycles. The topological polar surface area (TPSA) is 81.8 Å². The normalized spacial score (nSPS) is 19.3. The van der Waals surface area contributed by atoms with E-state index in [1.807, 2.05) is 11.4 Å². The van der Waals surface area contributed by atoms with Crippen molar-refractivity contribution in [2.45, 2.75) is 31.8 Å². The molecule has 136 valence electrons. The van der Waals surface area contributed by atoms with Gasteiger partial charge in [0.2, 0.25) is 11.8 Å². The van der Waals surface area contributed by atoms with E-state index in [9.17, 15) is 14.4 Å². The molecular weight excluding hydrogens is 340 g/mol. The summed E-state index contributed by atoms with van der Waals surface area (Å²) in [6.45, 7) is 4.61. The molecule has 1 aliphatic carbocycles. The summed E-state index contributed by atoms with van der Waals surface area (Å²) in [5, 5.41) is 7.57. The number of carbonyl (C=O) groups is 3. The molecule has 1 aromatic heterocycles. The highest BCUT2D eigenvalue weighted by molar-refractivity contribution is 7.12. The summed E-state index contributed by atoms with van der Waals surface area (Å²) in [7, 11) is 0. The summed E-state index contributed by atoms with van der Waals surface area (Å²) in [6, 6.07) is 3.37. The summed E-state index contributed by atoms with van der Waals surface area (Å²) in [4.78, 5) is 40.8. The Morgan fingerprint density at radius 3 is 2.56 bits per heavy atom. The van der Waals surface area contributed by atoms with E-state index in [-0.39, 0.29) is 17.7 Å². The Labute approximate surface area is 151 Å². The van der Waals surface area contributed by atoms with Crippen molar-refractivity contribution in [3.8, 4) is 0 Å². The second kappa shape index (κ2) is 7.97. The van der Waals surface area contributed by atoms with Gasteiger partial charge in [-0.25, -0.2) is 0 Å². The average molecular weight is 364 g/mol. The lowest BCUT2D eigenvalue weighted by Crippen LogP contribution is -2.55. The first kappa shape index (κ1) is 17.9. The van der Waals surface area contributed by atoms with E-state index in [2.05, 4.69) is 15.5 Å². The molecule has 1 saturated heterocycles. The van der Waals surface area contributed by atoms with Crippen molar-refractivity contribution in [2.24, 2.45) is 0 Å². The summed E-state index contributed by atoms with van der Waals surface area (Å²) < 4.78 is 0. The van der Waals surface area contributed by atoms with E-state index in [1.165, 1.54) is 11.3 Å². The Balaban J connectivity index is 1.41. The van der Waals surface area contributed by atoms with Crippen LogP contribution in [0.5, 0.6) is 0 Å². The molecule has 1 saturated carbocycles. The Kier molecular flexibility index (Phi) is 5.70. The van der Waals surface area contributed by atoms with Crippen LogP contribution in [0.2, 0.25) is 0 Å². The molecule has 25 heavy (non-hydrogen) atoms. The minimum Gasteiger partial charge on any atom is -0.352 e. The van der Waals surface area contributed by atoms with Gasteiger partial charge in [-0.1, -0.05) is 6.07 Å². The number of thiophene rings is 1. The highest BCUT2D eigenvalue weighted by Crippen LogP contribution is 2.18. The molecule has 0 radical (unpaired) electrons. The molecule has 2 heterocycles. The van der Waals surface area contributed by atoms with Gasteiger partial charge < -0.3 is 15.5 Å². The smallest absolute Gasteiger partial charge is 0.261 e. The van der Waals surface area contributed by atoms with Crippen molar-refractivity contribution in [3.05, 3.63) is 22.4 Å². The van der Waals surface area contributed by atoms with Gasteiger partial charge in [-0.3, -0.25) is 19.3 Å². The van der Waals surface area contributed by atoms with Crippen LogP contribution in [0.25, 0.3) is 0 Å². The van der Waals surface area contributed by atoms with Crippen LogP contribution in [-0.2, 0) is 9.59 Å². The van der Waals surface area contributed by atoms with E-state index < -0.39 is 6.04 Å². The molecule has 1 unspecified atom stereocenters. The number of hydrogen-bond acceptors (Lipinski definition) is 5. The maximum absolute atomic E-state index is 12.5. The van der Waals surface area contributed by atoms with Crippen molar-refractivity contribution >= 4 is 29.1 Å². The van der Waals surface area contributed by atoms with Gasteiger partial charge in [0.1, 0.15) is 6.04 Å². The van der Waals surface area contributed by atoms with Crippen LogP contribution in [0.3, 0.4) is 0 Å². The van der Waals surface area contributed by atoms with E-state index in [1.54, 1.807) is 17.9 Å². The quantitative estimate of drug-likeness (QED) is 0.760. The van der Waals surface area contributed by atoms with Crippen molar-refractivity contribution in [2.75, 3.05) is 32.7 Å². The molecule has 3 amide bonds. The van der Waals surface area contributed by atoms with Gasteiger partial charge in [0.05, 0.1) is 11.4 Å². The van der Waals surface area contributed by atoms with E-state index in [0.29, 0.717) is 43.6 Å². The van der Waals surface area contributed by atoms with Crippen LogP contribution < -0.4 is 10.6 Å². The predicted octanol–water partition coefficient (Wildman–Crippen LogP) is 0.289. The van der Waals surface area contributed by atoms with Crippen molar-refractivity contribution in [3.63, 3.8) is 0 Å². The molecule has 2 fully saturated rings. The number of nitrogens with one attached hydrogen (secondary N) is 2. The van der Waals surface area contributed by atoms with Crippen molar-refractivity contribution in [1.82, 2.24) is 20.4 Å². The molecule has 8 heteroatoms. The van der Waals surface area contributed by atoms with Crippen LogP contribution in [0.15, 0.2) is 17.5 Å². The fourth-order valence-corrected chi connectivity index (χ4v) is 3.47. The van der Waals surface area contributed by atoms with Gasteiger partial charge in [-0.05, 0) is 31.2 Å². The molecule has 0 bridgehead atoms. The fourth-order valence-electron chi connectivity index (χ4n) is 2.84. The third kappa shape index (κ3) is 5.02. The van der Waals surface area contributed by atoms with Crippen LogP contribution >= 0.6 is 11.3 Å². The lowest BCUT2D eigenvalue weighted by Gasteiger charge is -2.35. The molecule has 0 aromatic carbocycles. The Morgan fingerprint density at radius 2 is 1.96 bits per heavy atom. The first-order valence-corrected chi connectivity index (χ1v) is 9.56. The van der Waals surface area contributed by atoms with Crippen LogP contribution in [0.1, 0.15) is 29.4 Å². The third-order valence-corrected chi connectivity index (χ3v) is 5.33. The first-order valence-electron chi connectivity index (χ1n) is 8.68. The summed E-state index contributed by atoms with van der Waals surface area (Å²) in [5.41, 5.74) is 0. The SMILES string of the molecule is CC(NC(=O)c1cccs1)C(=O)N1CCN(CC(=O)NC2CC2)CC1. The Morgan fingerprint density at radius 1 is 1.24 bits per heavy atom. The maximum Gasteiger partial charge on any atom is 0.261 e. The van der Waals surface area contributed by atoms with Gasteiger partial charge >= 0.3 is 0 Å². The zero-order valence-electron chi connectivity index (χ0n) is 14.4. The molecule has 1 atom stereocenters. The zero-order valence-corrected chi connectivity index (χ0v) is 15.2. The molecule has 2 N–H and O–H groups in total. The summed E-state index contributed by atoms with van der Waals surface area (Å²) in [6.07, 6.45) is 2.17. The highest BCUT2D eigenvalue weighted by atomic mass is 32.1. The van der Waals surface area contributed by atoms with E-state index in [0.717, 1.165) is 12.8 Å². The molecule has 2 aliphatic rings. The second-order valence-corrected chi connectivity index (χ2v) is 7.56. The largest absolute Gasteiger partial charge is 0.352 e. The summed E-state index contributed by atoms with van der Waals surface area (Å²) >= 11 is 1.35. The van der Waals surface area contributed by atoms with Gasteiger partial charge in [-0.15, -0.1) is 11.3 Å². The number of hydrogen-bond donors (Lipinski definition) is 2. The highest BCUT2D eigenvalue weighted by Gasteiger charge is 2.28. The predicted molar refractivity (Wildman–Crippen MR) is 95.4 cm³/mol. The minimum atomic E-state index is -0.556. The van der Waals surface area contributed by atoms with Crippen molar-refractivity contribution in [1.29, 1.82) is 0 Å². The van der Waals surface area contributed by atoms with E-state index in [4.69, 9.17) is 0 Å². The van der Waals surface area contributed by atoms with Crippen LogP contribution in [-0.4, -0.2) is 72.3 Å². The Hall–Kier alpha value is -1.93. The number of piperazine rings is 1. The monoisotopic (exact) mass is 364 g/mol. The molecule has 0 spiro atoms. The molecule has 1 aromatic rings. The van der Waals surface area contributed by atoms with E-state index >= 15 is 0 Å².